The van der Waals surface area contributed by atoms with E-state index >= 15 is 0 Å². The van der Waals surface area contributed by atoms with Crippen molar-refractivity contribution in [2.45, 2.75) is 19.4 Å². The number of carbonyl (C=O) groups excluding carboxylic acids is 2. The summed E-state index contributed by atoms with van der Waals surface area (Å²) in [7, 11) is 0. The number of ether oxygens (including phenoxy) is 1. The van der Waals surface area contributed by atoms with Crippen LogP contribution in [0.25, 0.3) is 0 Å². The topological polar surface area (TPSA) is 70.7 Å². The van der Waals surface area contributed by atoms with Crippen molar-refractivity contribution in [2.75, 3.05) is 26.2 Å². The Balaban J connectivity index is 1.75. The maximum Gasteiger partial charge on any atom is 0.318 e. The Morgan fingerprint density at radius 2 is 2.18 bits per heavy atom. The summed E-state index contributed by atoms with van der Waals surface area (Å²) in [5, 5.41) is 6.19. The highest BCUT2D eigenvalue weighted by molar-refractivity contribution is 6.30. The highest BCUT2D eigenvalue weighted by Gasteiger charge is 2.31. The fourth-order valence-electron chi connectivity index (χ4n) is 2.32. The largest absolute Gasteiger partial charge is 0.492 e. The van der Waals surface area contributed by atoms with E-state index in [-0.39, 0.29) is 11.9 Å². The third kappa shape index (κ3) is 4.27. The number of hydrogen-bond donors (Lipinski definition) is 2. The second-order valence-electron chi connectivity index (χ2n) is 4.94. The first-order valence-electron chi connectivity index (χ1n) is 7.32. The van der Waals surface area contributed by atoms with Gasteiger partial charge in [-0.3, -0.25) is 4.79 Å². The van der Waals surface area contributed by atoms with Crippen LogP contribution in [0.1, 0.15) is 13.3 Å². The standard InChI is InChI=1S/C15H20ClN3O3/c1-2-13-14(20)17-7-9-19(13)15(21)18-8-10-22-12-5-3-11(16)4-6-12/h3-6,13H,2,7-10H2,1H3,(H,17,20)(H,18,21)/t13-/m1/s1. The number of hydrogen-bond acceptors (Lipinski definition) is 3. The van der Waals surface area contributed by atoms with E-state index in [2.05, 4.69) is 10.6 Å². The smallest absolute Gasteiger partial charge is 0.318 e. The molecule has 0 aromatic heterocycles. The molecule has 6 nitrogen and oxygen atoms in total. The number of carbonyl (C=O) groups is 2. The third-order valence-corrected chi connectivity index (χ3v) is 3.69. The second-order valence-corrected chi connectivity index (χ2v) is 5.38. The fourth-order valence-corrected chi connectivity index (χ4v) is 2.45. The predicted octanol–water partition coefficient (Wildman–Crippen LogP) is 1.64. The SMILES string of the molecule is CC[C@@H]1C(=O)NCCN1C(=O)NCCOc1ccc(Cl)cc1. The highest BCUT2D eigenvalue weighted by atomic mass is 35.5. The normalized spacial score (nSPS) is 17.8. The molecular formula is C15H20ClN3O3. The van der Waals surface area contributed by atoms with Crippen molar-refractivity contribution in [2.24, 2.45) is 0 Å². The van der Waals surface area contributed by atoms with E-state index in [9.17, 15) is 9.59 Å². The average molecular weight is 326 g/mol. The zero-order chi connectivity index (χ0) is 15.9. The number of halogens is 1. The predicted molar refractivity (Wildman–Crippen MR) is 84.1 cm³/mol. The van der Waals surface area contributed by atoms with Gasteiger partial charge in [-0.1, -0.05) is 18.5 Å². The summed E-state index contributed by atoms with van der Waals surface area (Å²) in [6.45, 7) is 3.62. The van der Waals surface area contributed by atoms with Crippen molar-refractivity contribution in [3.8, 4) is 5.75 Å². The number of nitrogens with zero attached hydrogens (tertiary/aromatic N) is 1. The zero-order valence-electron chi connectivity index (χ0n) is 12.5. The van der Waals surface area contributed by atoms with Gasteiger partial charge >= 0.3 is 6.03 Å². The number of nitrogens with one attached hydrogen (secondary N) is 2. The molecule has 1 heterocycles. The quantitative estimate of drug-likeness (QED) is 0.808. The van der Waals surface area contributed by atoms with Crippen LogP contribution >= 0.6 is 11.6 Å². The maximum atomic E-state index is 12.1. The number of amides is 3. The van der Waals surface area contributed by atoms with E-state index in [0.29, 0.717) is 43.4 Å². The van der Waals surface area contributed by atoms with Crippen LogP contribution < -0.4 is 15.4 Å². The summed E-state index contributed by atoms with van der Waals surface area (Å²) in [5.41, 5.74) is 0. The van der Waals surface area contributed by atoms with Crippen LogP contribution in [0.2, 0.25) is 5.02 Å². The number of urea groups is 1. The van der Waals surface area contributed by atoms with Crippen LogP contribution in [0.5, 0.6) is 5.75 Å². The van der Waals surface area contributed by atoms with Crippen molar-refractivity contribution in [3.05, 3.63) is 29.3 Å². The van der Waals surface area contributed by atoms with Crippen molar-refractivity contribution in [3.63, 3.8) is 0 Å². The van der Waals surface area contributed by atoms with Gasteiger partial charge in [-0.25, -0.2) is 4.79 Å². The van der Waals surface area contributed by atoms with Gasteiger partial charge in [0.2, 0.25) is 5.91 Å². The minimum absolute atomic E-state index is 0.0960. The molecule has 0 spiro atoms. The Kier molecular flexibility index (Phi) is 5.89. The van der Waals surface area contributed by atoms with Crippen LogP contribution in [0, 0.1) is 0 Å². The molecule has 7 heteroatoms. The molecule has 0 aliphatic carbocycles. The number of rotatable bonds is 5. The Hall–Kier alpha value is -1.95. The Labute approximate surface area is 134 Å². The van der Waals surface area contributed by atoms with E-state index < -0.39 is 6.04 Å². The Morgan fingerprint density at radius 1 is 1.45 bits per heavy atom. The van der Waals surface area contributed by atoms with E-state index in [0.717, 1.165) is 0 Å². The van der Waals surface area contributed by atoms with E-state index in [1.165, 1.54) is 0 Å². The monoisotopic (exact) mass is 325 g/mol. The van der Waals surface area contributed by atoms with Crippen LogP contribution in [0.3, 0.4) is 0 Å². The highest BCUT2D eigenvalue weighted by Crippen LogP contribution is 2.15. The fraction of sp³-hybridized carbons (Fsp3) is 0.467. The lowest BCUT2D eigenvalue weighted by molar-refractivity contribution is -0.127. The average Bonchev–Trinajstić information content (AvgIpc) is 2.52. The van der Waals surface area contributed by atoms with Gasteiger partial charge in [-0.15, -0.1) is 0 Å². The number of piperazine rings is 1. The van der Waals surface area contributed by atoms with Gasteiger partial charge in [0.25, 0.3) is 0 Å². The minimum atomic E-state index is -0.397. The molecule has 120 valence electrons. The molecule has 22 heavy (non-hydrogen) atoms. The first-order chi connectivity index (χ1) is 10.6. The molecule has 1 aromatic rings. The molecule has 2 rings (SSSR count). The lowest BCUT2D eigenvalue weighted by Crippen LogP contribution is -2.59. The summed E-state index contributed by atoms with van der Waals surface area (Å²) in [4.78, 5) is 25.4. The van der Waals surface area contributed by atoms with Gasteiger partial charge in [0.05, 0.1) is 6.54 Å². The van der Waals surface area contributed by atoms with Crippen LogP contribution in [0.4, 0.5) is 4.79 Å². The van der Waals surface area contributed by atoms with Crippen molar-refractivity contribution in [1.29, 1.82) is 0 Å². The van der Waals surface area contributed by atoms with Gasteiger partial charge < -0.3 is 20.3 Å². The molecule has 0 bridgehead atoms. The molecule has 2 N–H and O–H groups in total. The first-order valence-corrected chi connectivity index (χ1v) is 7.70. The van der Waals surface area contributed by atoms with Gasteiger partial charge in [0.1, 0.15) is 18.4 Å². The summed E-state index contributed by atoms with van der Waals surface area (Å²) in [6, 6.07) is 6.40. The molecule has 0 radical (unpaired) electrons. The van der Waals surface area contributed by atoms with Gasteiger partial charge in [0, 0.05) is 18.1 Å². The number of benzene rings is 1. The molecule has 1 atom stereocenters. The van der Waals surface area contributed by atoms with E-state index in [4.69, 9.17) is 16.3 Å². The summed E-state index contributed by atoms with van der Waals surface area (Å²) in [6.07, 6.45) is 0.598. The van der Waals surface area contributed by atoms with Crippen LogP contribution in [0.15, 0.2) is 24.3 Å². The molecule has 1 aliphatic rings. The van der Waals surface area contributed by atoms with E-state index in [1.54, 1.807) is 29.2 Å². The van der Waals surface area contributed by atoms with Crippen LogP contribution in [-0.2, 0) is 4.79 Å². The van der Waals surface area contributed by atoms with Gasteiger partial charge in [-0.2, -0.15) is 0 Å². The van der Waals surface area contributed by atoms with Crippen LogP contribution in [-0.4, -0.2) is 49.1 Å². The third-order valence-electron chi connectivity index (χ3n) is 3.44. The summed E-state index contributed by atoms with van der Waals surface area (Å²) >= 11 is 5.79. The molecular weight excluding hydrogens is 306 g/mol. The van der Waals surface area contributed by atoms with Crippen molar-refractivity contribution < 1.29 is 14.3 Å². The molecule has 0 unspecified atom stereocenters. The summed E-state index contributed by atoms with van der Waals surface area (Å²) in [5.74, 6) is 0.601. The zero-order valence-corrected chi connectivity index (χ0v) is 13.2. The molecule has 3 amide bonds. The van der Waals surface area contributed by atoms with E-state index in [1.807, 2.05) is 6.92 Å². The lowest BCUT2D eigenvalue weighted by atomic mass is 10.1. The lowest BCUT2D eigenvalue weighted by Gasteiger charge is -2.34. The molecule has 1 aliphatic heterocycles. The molecule has 1 aromatic carbocycles. The second kappa shape index (κ2) is 7.89. The molecule has 1 fully saturated rings. The Morgan fingerprint density at radius 3 is 2.86 bits per heavy atom. The van der Waals surface area contributed by atoms with Gasteiger partial charge in [-0.05, 0) is 30.7 Å². The first kappa shape index (κ1) is 16.4. The molecule has 1 saturated heterocycles. The Bertz CT molecular complexity index is 521. The van der Waals surface area contributed by atoms with Gasteiger partial charge in [0.15, 0.2) is 0 Å². The minimum Gasteiger partial charge on any atom is -0.492 e. The summed E-state index contributed by atoms with van der Waals surface area (Å²) < 4.78 is 5.50. The van der Waals surface area contributed by atoms with Crippen molar-refractivity contribution >= 4 is 23.5 Å². The molecule has 0 saturated carbocycles. The van der Waals surface area contributed by atoms with Crippen molar-refractivity contribution in [1.82, 2.24) is 15.5 Å². The maximum absolute atomic E-state index is 12.1.